The number of halogens is 1. The molecule has 2 aromatic carbocycles. The molecule has 1 aromatic heterocycles. The number of rotatable bonds is 5. The summed E-state index contributed by atoms with van der Waals surface area (Å²) in [4.78, 5) is 17.5. The van der Waals surface area contributed by atoms with Crippen molar-refractivity contribution in [2.75, 3.05) is 5.32 Å². The average molecular weight is 407 g/mol. The molecule has 4 rings (SSSR count). The number of nitrogens with one attached hydrogen (secondary N) is 3. The fraction of sp³-hybridized carbons (Fsp3) is 0.304. The molecule has 156 valence electrons. The Labute approximate surface area is 175 Å². The van der Waals surface area contributed by atoms with E-state index in [2.05, 4.69) is 35.0 Å². The van der Waals surface area contributed by atoms with E-state index in [9.17, 15) is 9.18 Å². The number of carbonyl (C=O) groups is 1. The van der Waals surface area contributed by atoms with Gasteiger partial charge in [0, 0.05) is 29.3 Å². The third-order valence-electron chi connectivity index (χ3n) is 5.64. The van der Waals surface area contributed by atoms with Gasteiger partial charge in [-0.1, -0.05) is 36.4 Å². The summed E-state index contributed by atoms with van der Waals surface area (Å²) in [6, 6.07) is 14.7. The number of amides is 1. The van der Waals surface area contributed by atoms with Crippen LogP contribution in [0, 0.1) is 12.7 Å². The number of benzene rings is 2. The lowest BCUT2D eigenvalue weighted by molar-refractivity contribution is -0.116. The number of carbonyl (C=O) groups excluding carboxylic acids is 1. The molecule has 0 spiro atoms. The lowest BCUT2D eigenvalue weighted by Gasteiger charge is -2.22. The van der Waals surface area contributed by atoms with Gasteiger partial charge in [0.05, 0.1) is 17.7 Å². The maximum absolute atomic E-state index is 13.6. The fourth-order valence-electron chi connectivity index (χ4n) is 4.11. The van der Waals surface area contributed by atoms with Crippen molar-refractivity contribution in [2.24, 2.45) is 0 Å². The van der Waals surface area contributed by atoms with Gasteiger partial charge in [-0.15, -0.1) is 0 Å². The van der Waals surface area contributed by atoms with E-state index in [1.165, 1.54) is 12.1 Å². The van der Waals surface area contributed by atoms with Gasteiger partial charge in [0.15, 0.2) is 0 Å². The standard InChI is InChI=1S/C23H26FN5O/c1-14-9-10-18(24)11-19(14)26-20(30)12-29-13-25-22(17-7-5-4-6-8-17)23(29)21-15(2)27-28-16(21)3/h4-11,13,15-16,21,27-28H,12H2,1-3H3,(H,26,30). The molecule has 2 atom stereocenters. The first-order chi connectivity index (χ1) is 14.4. The van der Waals surface area contributed by atoms with E-state index in [0.717, 1.165) is 22.5 Å². The van der Waals surface area contributed by atoms with Gasteiger partial charge in [-0.05, 0) is 38.5 Å². The van der Waals surface area contributed by atoms with Gasteiger partial charge in [0.1, 0.15) is 12.4 Å². The maximum Gasteiger partial charge on any atom is 0.244 e. The zero-order valence-corrected chi connectivity index (χ0v) is 17.3. The first kappa shape index (κ1) is 20.3. The number of hydrazine groups is 1. The molecule has 1 amide bonds. The molecule has 1 aliphatic rings. The van der Waals surface area contributed by atoms with Crippen molar-refractivity contribution in [1.82, 2.24) is 20.4 Å². The number of aryl methyl sites for hydroxylation is 1. The van der Waals surface area contributed by atoms with E-state index in [-0.39, 0.29) is 36.3 Å². The maximum atomic E-state index is 13.6. The minimum absolute atomic E-state index is 0.0983. The molecule has 0 bridgehead atoms. The van der Waals surface area contributed by atoms with Gasteiger partial charge >= 0.3 is 0 Å². The van der Waals surface area contributed by atoms with E-state index in [4.69, 9.17) is 0 Å². The highest BCUT2D eigenvalue weighted by Crippen LogP contribution is 2.34. The van der Waals surface area contributed by atoms with Gasteiger partial charge in [0.25, 0.3) is 0 Å². The Morgan fingerprint density at radius 3 is 2.53 bits per heavy atom. The molecule has 1 saturated heterocycles. The summed E-state index contributed by atoms with van der Waals surface area (Å²) in [5, 5.41) is 2.83. The molecule has 0 aliphatic carbocycles. The van der Waals surface area contributed by atoms with Crippen LogP contribution in [0.25, 0.3) is 11.3 Å². The van der Waals surface area contributed by atoms with Crippen molar-refractivity contribution in [3.8, 4) is 11.3 Å². The van der Waals surface area contributed by atoms with E-state index >= 15 is 0 Å². The first-order valence-corrected chi connectivity index (χ1v) is 10.1. The molecule has 1 aliphatic heterocycles. The second-order valence-corrected chi connectivity index (χ2v) is 7.87. The zero-order chi connectivity index (χ0) is 21.3. The number of nitrogens with zero attached hydrogens (tertiary/aromatic N) is 2. The lowest BCUT2D eigenvalue weighted by atomic mass is 9.90. The van der Waals surface area contributed by atoms with Gasteiger partial charge in [0.2, 0.25) is 5.91 Å². The summed E-state index contributed by atoms with van der Waals surface area (Å²) < 4.78 is 15.5. The van der Waals surface area contributed by atoms with Crippen LogP contribution in [0.15, 0.2) is 54.9 Å². The summed E-state index contributed by atoms with van der Waals surface area (Å²) in [7, 11) is 0. The lowest BCUT2D eigenvalue weighted by Crippen LogP contribution is -2.30. The van der Waals surface area contributed by atoms with Crippen LogP contribution < -0.4 is 16.2 Å². The number of aromatic nitrogens is 2. The Morgan fingerprint density at radius 2 is 1.83 bits per heavy atom. The monoisotopic (exact) mass is 407 g/mol. The van der Waals surface area contributed by atoms with Crippen LogP contribution in [0.2, 0.25) is 0 Å². The van der Waals surface area contributed by atoms with E-state index in [1.54, 1.807) is 12.4 Å². The van der Waals surface area contributed by atoms with Crippen molar-refractivity contribution in [2.45, 2.75) is 45.3 Å². The fourth-order valence-corrected chi connectivity index (χ4v) is 4.11. The number of anilines is 1. The van der Waals surface area contributed by atoms with Crippen LogP contribution in [0.5, 0.6) is 0 Å². The predicted molar refractivity (Wildman–Crippen MR) is 115 cm³/mol. The van der Waals surface area contributed by atoms with Crippen LogP contribution in [-0.2, 0) is 11.3 Å². The summed E-state index contributed by atoms with van der Waals surface area (Å²) in [6.07, 6.45) is 1.72. The average Bonchev–Trinajstić information content (AvgIpc) is 3.27. The highest BCUT2D eigenvalue weighted by molar-refractivity contribution is 5.91. The van der Waals surface area contributed by atoms with Crippen LogP contribution in [0.4, 0.5) is 10.1 Å². The Hall–Kier alpha value is -3.03. The van der Waals surface area contributed by atoms with Crippen molar-refractivity contribution in [3.05, 3.63) is 71.9 Å². The molecule has 1 fully saturated rings. The van der Waals surface area contributed by atoms with E-state index in [0.29, 0.717) is 5.69 Å². The van der Waals surface area contributed by atoms with E-state index < -0.39 is 0 Å². The number of hydrogen-bond donors (Lipinski definition) is 3. The van der Waals surface area contributed by atoms with Gasteiger partial charge < -0.3 is 9.88 Å². The Balaban J connectivity index is 1.67. The normalized spacial score (nSPS) is 21.0. The van der Waals surface area contributed by atoms with Crippen molar-refractivity contribution in [3.63, 3.8) is 0 Å². The van der Waals surface area contributed by atoms with Crippen molar-refractivity contribution in [1.29, 1.82) is 0 Å². The quantitative estimate of drug-likeness (QED) is 0.604. The number of imidazole rings is 1. The molecular formula is C23H26FN5O. The topological polar surface area (TPSA) is 71.0 Å². The van der Waals surface area contributed by atoms with Gasteiger partial charge in [-0.25, -0.2) is 9.37 Å². The summed E-state index contributed by atoms with van der Waals surface area (Å²) >= 11 is 0. The van der Waals surface area contributed by atoms with Crippen LogP contribution in [-0.4, -0.2) is 27.5 Å². The molecule has 7 heteroatoms. The summed E-state index contributed by atoms with van der Waals surface area (Å²) in [5.74, 6) is -0.469. The van der Waals surface area contributed by atoms with Gasteiger partial charge in [-0.3, -0.25) is 15.6 Å². The Bertz CT molecular complexity index is 1040. The molecule has 30 heavy (non-hydrogen) atoms. The van der Waals surface area contributed by atoms with Crippen LogP contribution in [0.3, 0.4) is 0 Å². The Kier molecular flexibility index (Phi) is 5.65. The highest BCUT2D eigenvalue weighted by atomic mass is 19.1. The zero-order valence-electron chi connectivity index (χ0n) is 17.3. The van der Waals surface area contributed by atoms with Crippen LogP contribution >= 0.6 is 0 Å². The molecule has 2 unspecified atom stereocenters. The largest absolute Gasteiger partial charge is 0.324 e. The molecule has 2 heterocycles. The van der Waals surface area contributed by atoms with E-state index in [1.807, 2.05) is 41.8 Å². The third kappa shape index (κ3) is 3.99. The third-order valence-corrected chi connectivity index (χ3v) is 5.64. The highest BCUT2D eigenvalue weighted by Gasteiger charge is 2.36. The van der Waals surface area contributed by atoms with Crippen LogP contribution in [0.1, 0.15) is 31.0 Å². The molecular weight excluding hydrogens is 381 g/mol. The summed E-state index contributed by atoms with van der Waals surface area (Å²) in [5.41, 5.74) is 10.8. The smallest absolute Gasteiger partial charge is 0.244 e. The minimum Gasteiger partial charge on any atom is -0.324 e. The van der Waals surface area contributed by atoms with Gasteiger partial charge in [-0.2, -0.15) is 0 Å². The molecule has 0 saturated carbocycles. The van der Waals surface area contributed by atoms with Crippen molar-refractivity contribution >= 4 is 11.6 Å². The Morgan fingerprint density at radius 1 is 1.13 bits per heavy atom. The molecule has 3 aromatic rings. The molecule has 3 N–H and O–H groups in total. The minimum atomic E-state index is -0.378. The second kappa shape index (κ2) is 8.38. The SMILES string of the molecule is Cc1ccc(F)cc1NC(=O)Cn1cnc(-c2ccccc2)c1C1C(C)NNC1C. The molecule has 6 nitrogen and oxygen atoms in total. The summed E-state index contributed by atoms with van der Waals surface area (Å²) in [6.45, 7) is 6.17. The first-order valence-electron chi connectivity index (χ1n) is 10.1. The predicted octanol–water partition coefficient (Wildman–Crippen LogP) is 3.60. The second-order valence-electron chi connectivity index (χ2n) is 7.87. The molecule has 0 radical (unpaired) electrons. The number of hydrogen-bond acceptors (Lipinski definition) is 4. The van der Waals surface area contributed by atoms with Crippen molar-refractivity contribution < 1.29 is 9.18 Å².